The fourth-order valence-corrected chi connectivity index (χ4v) is 1.99. The van der Waals surface area contributed by atoms with Gasteiger partial charge in [0.2, 0.25) is 0 Å². The number of rotatable bonds is 6. The Bertz CT molecular complexity index is 431. The van der Waals surface area contributed by atoms with Gasteiger partial charge in [-0.25, -0.2) is 12.8 Å². The lowest BCUT2D eigenvalue weighted by molar-refractivity contribution is 0.579. The van der Waals surface area contributed by atoms with Crippen LogP contribution in [0.2, 0.25) is 0 Å². The number of hydrogen-bond donors (Lipinski definition) is 1. The largest absolute Gasteiger partial charge is 0.313 e. The third kappa shape index (κ3) is 5.23. The zero-order valence-electron chi connectivity index (χ0n) is 9.24. The molecule has 5 heteroatoms. The molecule has 0 unspecified atom stereocenters. The van der Waals surface area contributed by atoms with E-state index in [1.807, 2.05) is 0 Å². The Hall–Kier alpha value is -0.940. The molecule has 0 heterocycles. The first-order valence-electron chi connectivity index (χ1n) is 5.11. The molecule has 0 amide bonds. The Kier molecular flexibility index (Phi) is 4.89. The molecule has 1 rings (SSSR count). The molecule has 0 radical (unpaired) electrons. The second kappa shape index (κ2) is 5.96. The maximum absolute atomic E-state index is 13.2. The summed E-state index contributed by atoms with van der Waals surface area (Å²) in [4.78, 5) is 0. The molecule has 0 aliphatic carbocycles. The molecule has 0 saturated heterocycles. The summed E-state index contributed by atoms with van der Waals surface area (Å²) in [7, 11) is -2.89. The highest BCUT2D eigenvalue weighted by Gasteiger charge is 2.02. The van der Waals surface area contributed by atoms with E-state index in [2.05, 4.69) is 5.32 Å². The smallest absolute Gasteiger partial charge is 0.147 e. The van der Waals surface area contributed by atoms with Crippen molar-refractivity contribution in [3.05, 3.63) is 35.6 Å². The zero-order valence-corrected chi connectivity index (χ0v) is 10.1. The standard InChI is InChI=1S/C11H16FNO2S/c1-16(14,15)8-4-7-13-9-10-5-2-3-6-11(10)12/h2-3,5-6,13H,4,7-9H2,1H3. The van der Waals surface area contributed by atoms with Crippen molar-refractivity contribution in [3.63, 3.8) is 0 Å². The first-order chi connectivity index (χ1) is 7.49. The summed E-state index contributed by atoms with van der Waals surface area (Å²) < 4.78 is 34.8. The predicted molar refractivity (Wildman–Crippen MR) is 62.4 cm³/mol. The van der Waals surface area contributed by atoms with E-state index >= 15 is 0 Å². The average Bonchev–Trinajstić information content (AvgIpc) is 2.18. The third-order valence-electron chi connectivity index (χ3n) is 2.14. The summed E-state index contributed by atoms with van der Waals surface area (Å²) in [5, 5.41) is 3.01. The first kappa shape index (κ1) is 13.1. The Morgan fingerprint density at radius 2 is 2.00 bits per heavy atom. The molecule has 0 bridgehead atoms. The minimum Gasteiger partial charge on any atom is -0.313 e. The van der Waals surface area contributed by atoms with Crippen molar-refractivity contribution >= 4 is 9.84 Å². The summed E-state index contributed by atoms with van der Waals surface area (Å²) in [6.45, 7) is 0.998. The van der Waals surface area contributed by atoms with Crippen molar-refractivity contribution in [2.45, 2.75) is 13.0 Å². The molecule has 16 heavy (non-hydrogen) atoms. The van der Waals surface area contributed by atoms with Gasteiger partial charge in [0.25, 0.3) is 0 Å². The van der Waals surface area contributed by atoms with Crippen molar-refractivity contribution in [2.75, 3.05) is 18.6 Å². The minimum absolute atomic E-state index is 0.164. The van der Waals surface area contributed by atoms with Crippen molar-refractivity contribution in [3.8, 4) is 0 Å². The normalized spacial score (nSPS) is 11.6. The van der Waals surface area contributed by atoms with E-state index < -0.39 is 9.84 Å². The van der Waals surface area contributed by atoms with E-state index in [1.54, 1.807) is 18.2 Å². The van der Waals surface area contributed by atoms with Crippen LogP contribution in [0.1, 0.15) is 12.0 Å². The number of nitrogens with one attached hydrogen (secondary N) is 1. The third-order valence-corrected chi connectivity index (χ3v) is 3.17. The molecule has 90 valence electrons. The lowest BCUT2D eigenvalue weighted by Crippen LogP contribution is -2.18. The van der Waals surface area contributed by atoms with Crippen LogP contribution in [0.3, 0.4) is 0 Å². The summed E-state index contributed by atoms with van der Waals surface area (Å²) in [5.41, 5.74) is 0.599. The zero-order chi connectivity index (χ0) is 12.0. The van der Waals surface area contributed by atoms with Gasteiger partial charge < -0.3 is 5.32 Å². The average molecular weight is 245 g/mol. The van der Waals surface area contributed by atoms with E-state index in [-0.39, 0.29) is 11.6 Å². The molecule has 0 aliphatic rings. The Morgan fingerprint density at radius 3 is 2.62 bits per heavy atom. The van der Waals surface area contributed by atoms with Crippen LogP contribution in [0, 0.1) is 5.82 Å². The van der Waals surface area contributed by atoms with Crippen LogP contribution >= 0.6 is 0 Å². The molecule has 1 N–H and O–H groups in total. The monoisotopic (exact) mass is 245 g/mol. The maximum Gasteiger partial charge on any atom is 0.147 e. The van der Waals surface area contributed by atoms with E-state index in [0.717, 1.165) is 0 Å². The van der Waals surface area contributed by atoms with Gasteiger partial charge >= 0.3 is 0 Å². The molecule has 1 aromatic carbocycles. The molecule has 3 nitrogen and oxygen atoms in total. The second-order valence-corrected chi connectivity index (χ2v) is 6.01. The van der Waals surface area contributed by atoms with Crippen LogP contribution in [-0.4, -0.2) is 27.0 Å². The van der Waals surface area contributed by atoms with Gasteiger partial charge in [0.15, 0.2) is 0 Å². The maximum atomic E-state index is 13.2. The fraction of sp³-hybridized carbons (Fsp3) is 0.455. The molecule has 0 aromatic heterocycles. The van der Waals surface area contributed by atoms with Crippen molar-refractivity contribution in [2.24, 2.45) is 0 Å². The highest BCUT2D eigenvalue weighted by atomic mass is 32.2. The summed E-state index contributed by atoms with van der Waals surface area (Å²) in [6, 6.07) is 6.53. The van der Waals surface area contributed by atoms with Gasteiger partial charge in [-0.05, 0) is 19.0 Å². The number of halogens is 1. The summed E-state index contributed by atoms with van der Waals surface area (Å²) in [5.74, 6) is -0.0739. The van der Waals surface area contributed by atoms with Crippen LogP contribution in [0.15, 0.2) is 24.3 Å². The first-order valence-corrected chi connectivity index (χ1v) is 7.17. The van der Waals surface area contributed by atoms with Crippen molar-refractivity contribution < 1.29 is 12.8 Å². The van der Waals surface area contributed by atoms with Gasteiger partial charge in [-0.3, -0.25) is 0 Å². The van der Waals surface area contributed by atoms with E-state index in [0.29, 0.717) is 25.1 Å². The molecule has 0 spiro atoms. The van der Waals surface area contributed by atoms with E-state index in [4.69, 9.17) is 0 Å². The Labute approximate surface area is 95.6 Å². The van der Waals surface area contributed by atoms with E-state index in [1.165, 1.54) is 12.3 Å². The number of benzene rings is 1. The molecule has 0 atom stereocenters. The lowest BCUT2D eigenvalue weighted by atomic mass is 10.2. The highest BCUT2D eigenvalue weighted by molar-refractivity contribution is 7.90. The lowest BCUT2D eigenvalue weighted by Gasteiger charge is -2.05. The fourth-order valence-electron chi connectivity index (χ4n) is 1.32. The Balaban J connectivity index is 2.24. The predicted octanol–water partition coefficient (Wildman–Crippen LogP) is 1.35. The topological polar surface area (TPSA) is 46.2 Å². The molecule has 0 aliphatic heterocycles. The van der Waals surface area contributed by atoms with Gasteiger partial charge in [-0.15, -0.1) is 0 Å². The van der Waals surface area contributed by atoms with Gasteiger partial charge in [-0.1, -0.05) is 18.2 Å². The highest BCUT2D eigenvalue weighted by Crippen LogP contribution is 2.05. The quantitative estimate of drug-likeness (QED) is 0.770. The molecule has 0 fully saturated rings. The van der Waals surface area contributed by atoms with Crippen LogP contribution < -0.4 is 5.32 Å². The van der Waals surface area contributed by atoms with Gasteiger partial charge in [0.1, 0.15) is 15.7 Å². The molecular weight excluding hydrogens is 229 g/mol. The van der Waals surface area contributed by atoms with Crippen molar-refractivity contribution in [1.82, 2.24) is 5.32 Å². The van der Waals surface area contributed by atoms with Gasteiger partial charge in [0, 0.05) is 18.4 Å². The van der Waals surface area contributed by atoms with Crippen LogP contribution in [0.25, 0.3) is 0 Å². The minimum atomic E-state index is -2.89. The van der Waals surface area contributed by atoms with Gasteiger partial charge in [0.05, 0.1) is 5.75 Å². The summed E-state index contributed by atoms with van der Waals surface area (Å²) in [6.07, 6.45) is 1.76. The molecule has 0 saturated carbocycles. The molecule has 1 aromatic rings. The number of sulfone groups is 1. The van der Waals surface area contributed by atoms with Gasteiger partial charge in [-0.2, -0.15) is 0 Å². The SMILES string of the molecule is CS(=O)(=O)CCCNCc1ccccc1F. The summed E-state index contributed by atoms with van der Waals surface area (Å²) >= 11 is 0. The van der Waals surface area contributed by atoms with Crippen LogP contribution in [-0.2, 0) is 16.4 Å². The Morgan fingerprint density at radius 1 is 1.31 bits per heavy atom. The van der Waals surface area contributed by atoms with Crippen LogP contribution in [0.4, 0.5) is 4.39 Å². The van der Waals surface area contributed by atoms with Crippen LogP contribution in [0.5, 0.6) is 0 Å². The van der Waals surface area contributed by atoms with Crippen molar-refractivity contribution in [1.29, 1.82) is 0 Å². The molecular formula is C11H16FNO2S. The second-order valence-electron chi connectivity index (χ2n) is 3.75. The van der Waals surface area contributed by atoms with E-state index in [9.17, 15) is 12.8 Å². The number of hydrogen-bond acceptors (Lipinski definition) is 3.